The Balaban J connectivity index is 1.90. The Morgan fingerprint density at radius 3 is 2.21 bits per heavy atom. The van der Waals surface area contributed by atoms with Gasteiger partial charge < -0.3 is 14.8 Å². The summed E-state index contributed by atoms with van der Waals surface area (Å²) in [5.41, 5.74) is 3.03. The van der Waals surface area contributed by atoms with Crippen molar-refractivity contribution in [1.29, 1.82) is 0 Å². The summed E-state index contributed by atoms with van der Waals surface area (Å²) >= 11 is 0. The van der Waals surface area contributed by atoms with Gasteiger partial charge in [-0.2, -0.15) is 0 Å². The van der Waals surface area contributed by atoms with Gasteiger partial charge in [-0.25, -0.2) is 13.2 Å². The monoisotopic (exact) mass is 405 g/mol. The zero-order chi connectivity index (χ0) is 20.9. The highest BCUT2D eigenvalue weighted by Crippen LogP contribution is 2.24. The first-order chi connectivity index (χ1) is 13.1. The van der Waals surface area contributed by atoms with Gasteiger partial charge in [0.2, 0.25) is 0 Å². The van der Waals surface area contributed by atoms with E-state index in [1.165, 1.54) is 12.1 Å². The minimum absolute atomic E-state index is 0.0108. The number of para-hydroxylation sites is 1. The first-order valence-electron chi connectivity index (χ1n) is 8.53. The average Bonchev–Trinajstić information content (AvgIpc) is 2.58. The molecule has 0 aromatic heterocycles. The molecule has 0 unspecified atom stereocenters. The molecule has 0 radical (unpaired) electrons. The first kappa shape index (κ1) is 21.4. The van der Waals surface area contributed by atoms with Crippen LogP contribution in [0.5, 0.6) is 5.75 Å². The van der Waals surface area contributed by atoms with E-state index in [0.29, 0.717) is 5.75 Å². The van der Waals surface area contributed by atoms with E-state index in [4.69, 9.17) is 9.47 Å². The SMILES string of the molecule is Cc1cc(C)c(OCC(=O)OCC(=O)Nc2ccccc2S(C)(=O)=O)c(C)c1. The standard InChI is InChI=1S/C20H23NO6S/c1-13-9-14(2)20(15(3)10-13)27-12-19(23)26-11-18(22)21-16-7-5-6-8-17(16)28(4,24)25/h5-10H,11-12H2,1-4H3,(H,21,22). The Morgan fingerprint density at radius 2 is 1.61 bits per heavy atom. The molecule has 1 N–H and O–H groups in total. The average molecular weight is 405 g/mol. The number of aryl methyl sites for hydroxylation is 3. The summed E-state index contributed by atoms with van der Waals surface area (Å²) in [5, 5.41) is 2.43. The van der Waals surface area contributed by atoms with Crippen LogP contribution in [0.3, 0.4) is 0 Å². The van der Waals surface area contributed by atoms with Crippen molar-refractivity contribution in [2.75, 3.05) is 24.8 Å². The molecule has 2 aromatic carbocycles. The van der Waals surface area contributed by atoms with Crippen LogP contribution < -0.4 is 10.1 Å². The predicted octanol–water partition coefficient (Wildman–Crippen LogP) is 2.58. The third-order valence-corrected chi connectivity index (χ3v) is 5.02. The summed E-state index contributed by atoms with van der Waals surface area (Å²) in [7, 11) is -3.50. The lowest BCUT2D eigenvalue weighted by molar-refractivity contribution is -0.149. The lowest BCUT2D eigenvalue weighted by atomic mass is 10.1. The second-order valence-electron chi connectivity index (χ2n) is 6.49. The van der Waals surface area contributed by atoms with Crippen LogP contribution in [0.25, 0.3) is 0 Å². The molecule has 7 nitrogen and oxygen atoms in total. The van der Waals surface area contributed by atoms with Gasteiger partial charge in [-0.3, -0.25) is 4.79 Å². The van der Waals surface area contributed by atoms with E-state index in [-0.39, 0.29) is 17.2 Å². The fraction of sp³-hybridized carbons (Fsp3) is 0.300. The zero-order valence-electron chi connectivity index (χ0n) is 16.2. The molecule has 150 valence electrons. The molecule has 0 aliphatic rings. The second kappa shape index (κ2) is 8.88. The van der Waals surface area contributed by atoms with Gasteiger partial charge in [0.15, 0.2) is 23.1 Å². The maximum atomic E-state index is 12.0. The summed E-state index contributed by atoms with van der Waals surface area (Å²) in [6, 6.07) is 9.88. The van der Waals surface area contributed by atoms with E-state index in [0.717, 1.165) is 22.9 Å². The summed E-state index contributed by atoms with van der Waals surface area (Å²) in [4.78, 5) is 23.8. The number of anilines is 1. The lowest BCUT2D eigenvalue weighted by Gasteiger charge is -2.13. The molecule has 0 aliphatic heterocycles. The molecular weight excluding hydrogens is 382 g/mol. The minimum Gasteiger partial charge on any atom is -0.481 e. The van der Waals surface area contributed by atoms with Crippen molar-refractivity contribution >= 4 is 27.4 Å². The molecule has 8 heteroatoms. The van der Waals surface area contributed by atoms with Crippen LogP contribution in [0, 0.1) is 20.8 Å². The molecule has 0 aliphatic carbocycles. The van der Waals surface area contributed by atoms with Crippen LogP contribution in [-0.4, -0.2) is 39.8 Å². The van der Waals surface area contributed by atoms with E-state index < -0.39 is 28.3 Å². The number of rotatable bonds is 7. The second-order valence-corrected chi connectivity index (χ2v) is 8.48. The van der Waals surface area contributed by atoms with Crippen molar-refractivity contribution in [3.8, 4) is 5.75 Å². The number of ether oxygens (including phenoxy) is 2. The van der Waals surface area contributed by atoms with E-state index in [1.807, 2.05) is 32.9 Å². The van der Waals surface area contributed by atoms with Crippen LogP contribution in [0.2, 0.25) is 0 Å². The van der Waals surface area contributed by atoms with E-state index in [1.54, 1.807) is 12.1 Å². The molecule has 0 bridgehead atoms. The highest BCUT2D eigenvalue weighted by Gasteiger charge is 2.16. The molecule has 0 saturated carbocycles. The van der Waals surface area contributed by atoms with Gasteiger partial charge in [0, 0.05) is 6.26 Å². The topological polar surface area (TPSA) is 98.8 Å². The number of amides is 1. The Bertz CT molecular complexity index is 975. The molecule has 28 heavy (non-hydrogen) atoms. The maximum absolute atomic E-state index is 12.0. The number of carbonyl (C=O) groups is 2. The first-order valence-corrected chi connectivity index (χ1v) is 10.4. The van der Waals surface area contributed by atoms with Gasteiger partial charge in [0.1, 0.15) is 5.75 Å². The van der Waals surface area contributed by atoms with Crippen molar-refractivity contribution in [1.82, 2.24) is 0 Å². The Morgan fingerprint density at radius 1 is 1.00 bits per heavy atom. The van der Waals surface area contributed by atoms with Gasteiger partial charge in [-0.15, -0.1) is 0 Å². The van der Waals surface area contributed by atoms with Gasteiger partial charge in [0.05, 0.1) is 10.6 Å². The molecule has 0 atom stereocenters. The highest BCUT2D eigenvalue weighted by molar-refractivity contribution is 7.90. The third kappa shape index (κ3) is 5.82. The van der Waals surface area contributed by atoms with Crippen molar-refractivity contribution in [3.05, 3.63) is 53.1 Å². The largest absolute Gasteiger partial charge is 0.481 e. The number of carbonyl (C=O) groups excluding carboxylic acids is 2. The van der Waals surface area contributed by atoms with Gasteiger partial charge in [-0.05, 0) is 44.0 Å². The number of hydrogen-bond acceptors (Lipinski definition) is 6. The summed E-state index contributed by atoms with van der Waals surface area (Å²) in [6.45, 7) is 4.85. The van der Waals surface area contributed by atoms with E-state index in [9.17, 15) is 18.0 Å². The quantitative estimate of drug-likeness (QED) is 0.711. The molecule has 0 saturated heterocycles. The summed E-state index contributed by atoms with van der Waals surface area (Å²) in [5.74, 6) is -0.743. The zero-order valence-corrected chi connectivity index (χ0v) is 17.1. The van der Waals surface area contributed by atoms with Crippen LogP contribution in [-0.2, 0) is 24.2 Å². The van der Waals surface area contributed by atoms with Crippen LogP contribution in [0.15, 0.2) is 41.3 Å². The number of hydrogen-bond donors (Lipinski definition) is 1. The predicted molar refractivity (Wildman–Crippen MR) is 105 cm³/mol. The molecule has 0 heterocycles. The number of sulfone groups is 1. The van der Waals surface area contributed by atoms with Gasteiger partial charge in [0.25, 0.3) is 5.91 Å². The number of nitrogens with one attached hydrogen (secondary N) is 1. The van der Waals surface area contributed by atoms with Crippen LogP contribution in [0.1, 0.15) is 16.7 Å². The van der Waals surface area contributed by atoms with E-state index >= 15 is 0 Å². The highest BCUT2D eigenvalue weighted by atomic mass is 32.2. The normalized spacial score (nSPS) is 11.0. The fourth-order valence-corrected chi connectivity index (χ4v) is 3.64. The molecule has 2 aromatic rings. The molecule has 0 spiro atoms. The van der Waals surface area contributed by atoms with Crippen molar-refractivity contribution in [2.45, 2.75) is 25.7 Å². The molecular formula is C20H23NO6S. The van der Waals surface area contributed by atoms with E-state index in [2.05, 4.69) is 5.32 Å². The number of benzene rings is 2. The Kier molecular flexibility index (Phi) is 6.80. The summed E-state index contributed by atoms with van der Waals surface area (Å²) in [6.07, 6.45) is 1.05. The van der Waals surface area contributed by atoms with Crippen molar-refractivity contribution in [3.63, 3.8) is 0 Å². The van der Waals surface area contributed by atoms with Crippen LogP contribution in [0.4, 0.5) is 5.69 Å². The molecule has 1 amide bonds. The van der Waals surface area contributed by atoms with Crippen molar-refractivity contribution in [2.24, 2.45) is 0 Å². The third-order valence-electron chi connectivity index (χ3n) is 3.86. The maximum Gasteiger partial charge on any atom is 0.344 e. The smallest absolute Gasteiger partial charge is 0.344 e. The lowest BCUT2D eigenvalue weighted by Crippen LogP contribution is -2.24. The molecule has 0 fully saturated rings. The van der Waals surface area contributed by atoms with Crippen LogP contribution >= 0.6 is 0 Å². The van der Waals surface area contributed by atoms with Crippen molar-refractivity contribution < 1.29 is 27.5 Å². The van der Waals surface area contributed by atoms with Gasteiger partial charge in [-0.1, -0.05) is 29.8 Å². The Hall–Kier alpha value is -2.87. The minimum atomic E-state index is -3.50. The molecule has 2 rings (SSSR count). The summed E-state index contributed by atoms with van der Waals surface area (Å²) < 4.78 is 33.9. The number of esters is 1. The Labute approximate surface area is 164 Å². The van der Waals surface area contributed by atoms with Gasteiger partial charge >= 0.3 is 5.97 Å². The fourth-order valence-electron chi connectivity index (χ4n) is 2.79.